The standard InChI is InChI=1S/C16H16N2O7S2/c1-10(19)18-14-7-5-12(16(9-14)27(23,24)25)3-2-11-4-6-13(17)8-15(11)26(20,21)22/h2-9H,17H2,1H3,(H,18,19)(H,20,21,22)(H,23,24,25)/p-2. The maximum atomic E-state index is 11.5. The van der Waals surface area contributed by atoms with Crippen LogP contribution in [-0.4, -0.2) is 31.8 Å². The van der Waals surface area contributed by atoms with Gasteiger partial charge in [0.25, 0.3) is 0 Å². The molecule has 27 heavy (non-hydrogen) atoms. The third-order valence-corrected chi connectivity index (χ3v) is 5.14. The number of nitrogens with one attached hydrogen (secondary N) is 1. The lowest BCUT2D eigenvalue weighted by molar-refractivity contribution is -0.114. The van der Waals surface area contributed by atoms with Gasteiger partial charge in [-0.15, -0.1) is 0 Å². The molecule has 2 rings (SSSR count). The van der Waals surface area contributed by atoms with Crippen molar-refractivity contribution in [3.63, 3.8) is 0 Å². The van der Waals surface area contributed by atoms with E-state index in [-0.39, 0.29) is 22.5 Å². The van der Waals surface area contributed by atoms with Gasteiger partial charge < -0.3 is 20.2 Å². The number of hydrogen-bond acceptors (Lipinski definition) is 8. The topological polar surface area (TPSA) is 170 Å². The molecule has 0 aromatic heterocycles. The summed E-state index contributed by atoms with van der Waals surface area (Å²) >= 11 is 0. The fourth-order valence-electron chi connectivity index (χ4n) is 2.25. The molecule has 0 saturated carbocycles. The van der Waals surface area contributed by atoms with Crippen LogP contribution >= 0.6 is 0 Å². The van der Waals surface area contributed by atoms with Crippen molar-refractivity contribution in [3.05, 3.63) is 47.5 Å². The lowest BCUT2D eigenvalue weighted by atomic mass is 10.1. The first-order chi connectivity index (χ1) is 12.4. The minimum Gasteiger partial charge on any atom is -0.744 e. The molecule has 0 bridgehead atoms. The molecule has 0 saturated heterocycles. The van der Waals surface area contributed by atoms with Crippen LogP contribution < -0.4 is 11.1 Å². The van der Waals surface area contributed by atoms with Crippen molar-refractivity contribution in [1.29, 1.82) is 0 Å². The molecule has 0 unspecified atom stereocenters. The summed E-state index contributed by atoms with van der Waals surface area (Å²) in [5.74, 6) is -0.459. The molecule has 0 heterocycles. The van der Waals surface area contributed by atoms with E-state index in [2.05, 4.69) is 5.32 Å². The monoisotopic (exact) mass is 410 g/mol. The van der Waals surface area contributed by atoms with E-state index in [0.717, 1.165) is 12.1 Å². The third kappa shape index (κ3) is 5.37. The van der Waals surface area contributed by atoms with Crippen LogP contribution in [-0.2, 0) is 25.0 Å². The summed E-state index contributed by atoms with van der Waals surface area (Å²) in [7, 11) is -9.72. The molecule has 0 aliphatic rings. The number of hydrogen-bond donors (Lipinski definition) is 2. The largest absolute Gasteiger partial charge is 0.744 e. The fraction of sp³-hybridized carbons (Fsp3) is 0.0625. The van der Waals surface area contributed by atoms with E-state index in [4.69, 9.17) is 5.73 Å². The Kier molecular flexibility index (Phi) is 5.70. The van der Waals surface area contributed by atoms with Crippen molar-refractivity contribution >= 4 is 49.7 Å². The van der Waals surface area contributed by atoms with Crippen LogP contribution in [0.15, 0.2) is 46.2 Å². The van der Waals surface area contributed by atoms with Gasteiger partial charge in [0.05, 0.1) is 9.79 Å². The highest BCUT2D eigenvalue weighted by molar-refractivity contribution is 7.86. The highest BCUT2D eigenvalue weighted by atomic mass is 32.2. The van der Waals surface area contributed by atoms with E-state index in [1.165, 1.54) is 43.3 Å². The van der Waals surface area contributed by atoms with Crippen molar-refractivity contribution in [2.75, 3.05) is 11.1 Å². The Morgan fingerprint density at radius 1 is 0.926 bits per heavy atom. The quantitative estimate of drug-likeness (QED) is 0.421. The molecule has 9 nitrogen and oxygen atoms in total. The molecular weight excluding hydrogens is 396 g/mol. The predicted molar refractivity (Wildman–Crippen MR) is 96.5 cm³/mol. The average Bonchev–Trinajstić information content (AvgIpc) is 2.52. The van der Waals surface area contributed by atoms with Crippen molar-refractivity contribution in [2.24, 2.45) is 0 Å². The molecule has 0 fully saturated rings. The summed E-state index contributed by atoms with van der Waals surface area (Å²) in [5.41, 5.74) is 5.57. The van der Waals surface area contributed by atoms with E-state index < -0.39 is 35.9 Å². The number of benzene rings is 2. The van der Waals surface area contributed by atoms with Crippen LogP contribution in [0.5, 0.6) is 0 Å². The summed E-state index contributed by atoms with van der Waals surface area (Å²) < 4.78 is 68.6. The van der Waals surface area contributed by atoms with Gasteiger partial charge in [-0.05, 0) is 35.4 Å². The predicted octanol–water partition coefficient (Wildman–Crippen LogP) is 1.21. The van der Waals surface area contributed by atoms with Crippen LogP contribution in [0.4, 0.5) is 11.4 Å². The van der Waals surface area contributed by atoms with Crippen LogP contribution in [0.25, 0.3) is 12.2 Å². The van der Waals surface area contributed by atoms with Crippen molar-refractivity contribution in [3.8, 4) is 0 Å². The first kappa shape index (κ1) is 20.6. The number of carbonyl (C=O) groups is 1. The normalized spacial score (nSPS) is 12.3. The molecule has 0 spiro atoms. The maximum Gasteiger partial charge on any atom is 0.221 e. The lowest BCUT2D eigenvalue weighted by Crippen LogP contribution is -2.08. The molecule has 1 amide bonds. The van der Waals surface area contributed by atoms with Gasteiger partial charge in [-0.25, -0.2) is 16.8 Å². The summed E-state index contributed by atoms with van der Waals surface area (Å²) in [4.78, 5) is 9.88. The summed E-state index contributed by atoms with van der Waals surface area (Å²) in [6.45, 7) is 1.21. The van der Waals surface area contributed by atoms with Gasteiger partial charge in [0.15, 0.2) is 0 Å². The Morgan fingerprint density at radius 2 is 1.41 bits per heavy atom. The molecule has 11 heteroatoms. The minimum atomic E-state index is -4.89. The van der Waals surface area contributed by atoms with E-state index in [0.29, 0.717) is 0 Å². The highest BCUT2D eigenvalue weighted by Gasteiger charge is 2.11. The van der Waals surface area contributed by atoms with Gasteiger partial charge in [0, 0.05) is 18.3 Å². The van der Waals surface area contributed by atoms with Crippen molar-refractivity contribution < 1.29 is 30.7 Å². The third-order valence-electron chi connectivity index (χ3n) is 3.35. The Labute approximate surface area is 156 Å². The molecule has 2 aromatic carbocycles. The van der Waals surface area contributed by atoms with Crippen LogP contribution in [0.3, 0.4) is 0 Å². The lowest BCUT2D eigenvalue weighted by Gasteiger charge is -2.14. The second-order valence-electron chi connectivity index (χ2n) is 5.47. The SMILES string of the molecule is CC(=O)Nc1ccc(C=Cc2ccc(N)cc2S(=O)(=O)[O-])c(S(=O)(=O)[O-])c1. The first-order valence-corrected chi connectivity index (χ1v) is 10.1. The Bertz CT molecular complexity index is 1140. The summed E-state index contributed by atoms with van der Waals surface area (Å²) in [6, 6.07) is 7.22. The average molecular weight is 410 g/mol. The zero-order valence-corrected chi connectivity index (χ0v) is 15.5. The maximum absolute atomic E-state index is 11.5. The minimum absolute atomic E-state index is 0.0283. The van der Waals surface area contributed by atoms with Gasteiger partial charge in [0.2, 0.25) is 5.91 Å². The second-order valence-corrected chi connectivity index (χ2v) is 8.17. The van der Waals surface area contributed by atoms with Crippen molar-refractivity contribution in [1.82, 2.24) is 0 Å². The van der Waals surface area contributed by atoms with Gasteiger partial charge >= 0.3 is 0 Å². The van der Waals surface area contributed by atoms with Crippen LogP contribution in [0.1, 0.15) is 18.1 Å². The van der Waals surface area contributed by atoms with E-state index in [1.54, 1.807) is 0 Å². The summed E-state index contributed by atoms with van der Waals surface area (Å²) in [5, 5.41) is 2.35. The van der Waals surface area contributed by atoms with Gasteiger partial charge in [0.1, 0.15) is 20.2 Å². The molecule has 3 N–H and O–H groups in total. The van der Waals surface area contributed by atoms with Crippen LogP contribution in [0, 0.1) is 0 Å². The summed E-state index contributed by atoms with van der Waals surface area (Å²) in [6.07, 6.45) is 2.34. The van der Waals surface area contributed by atoms with Crippen LogP contribution in [0.2, 0.25) is 0 Å². The van der Waals surface area contributed by atoms with E-state index >= 15 is 0 Å². The Morgan fingerprint density at radius 3 is 1.89 bits per heavy atom. The molecule has 144 valence electrons. The molecular formula is C16H14N2O7S2-2. The molecule has 2 aromatic rings. The zero-order chi connectivity index (χ0) is 20.4. The first-order valence-electron chi connectivity index (χ1n) is 7.29. The van der Waals surface area contributed by atoms with Gasteiger partial charge in [-0.2, -0.15) is 0 Å². The number of anilines is 2. The highest BCUT2D eigenvalue weighted by Crippen LogP contribution is 2.25. The molecule has 0 radical (unpaired) electrons. The number of amides is 1. The Balaban J connectivity index is 2.57. The smallest absolute Gasteiger partial charge is 0.221 e. The molecule has 0 aliphatic carbocycles. The number of nitrogens with two attached hydrogens (primary N) is 1. The number of carbonyl (C=O) groups excluding carboxylic acids is 1. The molecule has 0 atom stereocenters. The molecule has 0 aliphatic heterocycles. The zero-order valence-electron chi connectivity index (χ0n) is 13.9. The second kappa shape index (κ2) is 7.48. The van der Waals surface area contributed by atoms with E-state index in [9.17, 15) is 30.7 Å². The van der Waals surface area contributed by atoms with E-state index in [1.807, 2.05) is 0 Å². The van der Waals surface area contributed by atoms with Gasteiger partial charge in [-0.1, -0.05) is 24.3 Å². The Hall–Kier alpha value is -2.73. The fourth-order valence-corrected chi connectivity index (χ4v) is 3.66. The van der Waals surface area contributed by atoms with Gasteiger partial charge in [-0.3, -0.25) is 4.79 Å². The number of nitrogen functional groups attached to an aromatic ring is 1. The number of rotatable bonds is 5. The van der Waals surface area contributed by atoms with Crippen molar-refractivity contribution in [2.45, 2.75) is 16.7 Å².